The topological polar surface area (TPSA) is 46.5 Å². The zero-order valence-corrected chi connectivity index (χ0v) is 13.6. The summed E-state index contributed by atoms with van der Waals surface area (Å²) in [6.07, 6.45) is 3.46. The number of aryl methyl sites for hydroxylation is 2. The minimum absolute atomic E-state index is 0.0807. The number of hydrogen-bond acceptors (Lipinski definition) is 3. The molecule has 0 aromatic heterocycles. The molecule has 0 fully saturated rings. The quantitative estimate of drug-likeness (QED) is 0.845. The lowest BCUT2D eigenvalue weighted by Gasteiger charge is -2.20. The molecule has 0 aliphatic heterocycles. The number of allylic oxidation sites excluding steroid dienone is 1. The molecule has 0 amide bonds. The van der Waals surface area contributed by atoms with Crippen LogP contribution in [0.25, 0.3) is 6.08 Å². The number of carbonyl (C=O) groups is 1. The van der Waals surface area contributed by atoms with Crippen molar-refractivity contribution in [2.24, 2.45) is 0 Å². The van der Waals surface area contributed by atoms with E-state index >= 15 is 0 Å². The number of carbonyl (C=O) groups excluding carboxylic acids is 1. The van der Waals surface area contributed by atoms with Crippen LogP contribution in [0.1, 0.15) is 39.0 Å². The molecule has 0 heterocycles. The minimum Gasteiger partial charge on any atom is -0.504 e. The van der Waals surface area contributed by atoms with E-state index in [4.69, 9.17) is 4.74 Å². The van der Waals surface area contributed by atoms with Crippen molar-refractivity contribution in [3.05, 3.63) is 63.7 Å². The van der Waals surface area contributed by atoms with Crippen LogP contribution in [0.4, 0.5) is 0 Å². The van der Waals surface area contributed by atoms with E-state index in [0.717, 1.165) is 40.7 Å². The number of phenolic OH excluding ortho intramolecular Hbond substituents is 1. The van der Waals surface area contributed by atoms with Gasteiger partial charge in [0.25, 0.3) is 0 Å². The van der Waals surface area contributed by atoms with Crippen LogP contribution in [-0.4, -0.2) is 18.0 Å². The zero-order valence-electron chi connectivity index (χ0n) is 13.6. The van der Waals surface area contributed by atoms with Gasteiger partial charge < -0.3 is 9.84 Å². The number of aromatic hydroxyl groups is 1. The van der Waals surface area contributed by atoms with Crippen LogP contribution >= 0.6 is 0 Å². The fourth-order valence-electron chi connectivity index (χ4n) is 3.21. The van der Waals surface area contributed by atoms with E-state index in [1.165, 1.54) is 12.7 Å². The summed E-state index contributed by atoms with van der Waals surface area (Å²) in [7, 11) is 1.51. The molecular formula is C20H20O3. The molecule has 1 aliphatic carbocycles. The second-order valence-corrected chi connectivity index (χ2v) is 6.04. The van der Waals surface area contributed by atoms with Gasteiger partial charge in [0, 0.05) is 11.1 Å². The Kier molecular flexibility index (Phi) is 3.95. The average Bonchev–Trinajstić information content (AvgIpc) is 2.51. The van der Waals surface area contributed by atoms with Gasteiger partial charge in [0.2, 0.25) is 0 Å². The van der Waals surface area contributed by atoms with Gasteiger partial charge in [-0.3, -0.25) is 4.79 Å². The van der Waals surface area contributed by atoms with Crippen LogP contribution in [0, 0.1) is 13.8 Å². The Hall–Kier alpha value is -2.55. The number of rotatable bonds is 2. The van der Waals surface area contributed by atoms with Crippen LogP contribution in [-0.2, 0) is 6.42 Å². The van der Waals surface area contributed by atoms with Crippen LogP contribution in [0.5, 0.6) is 11.5 Å². The van der Waals surface area contributed by atoms with Crippen molar-refractivity contribution in [1.29, 1.82) is 0 Å². The highest BCUT2D eigenvalue weighted by atomic mass is 16.5. The summed E-state index contributed by atoms with van der Waals surface area (Å²) in [5.74, 6) is 0.601. The van der Waals surface area contributed by atoms with Gasteiger partial charge in [-0.25, -0.2) is 0 Å². The SMILES string of the molecule is COc1ccc(/C=C2\CCc3c(C)cc(C)cc3C2=O)cc1O. The van der Waals surface area contributed by atoms with Crippen molar-refractivity contribution in [2.45, 2.75) is 26.7 Å². The molecular weight excluding hydrogens is 288 g/mol. The molecule has 2 aromatic carbocycles. The molecule has 0 unspecified atom stereocenters. The summed E-state index contributed by atoms with van der Waals surface area (Å²) in [5.41, 5.74) is 5.87. The highest BCUT2D eigenvalue weighted by Crippen LogP contribution is 2.32. The number of methoxy groups -OCH3 is 1. The molecule has 118 valence electrons. The van der Waals surface area contributed by atoms with Crippen LogP contribution in [0.3, 0.4) is 0 Å². The van der Waals surface area contributed by atoms with Crippen molar-refractivity contribution in [3.63, 3.8) is 0 Å². The Bertz CT molecular complexity index is 816. The highest BCUT2D eigenvalue weighted by Gasteiger charge is 2.23. The first kappa shape index (κ1) is 15.3. The fraction of sp³-hybridized carbons (Fsp3) is 0.250. The lowest BCUT2D eigenvalue weighted by molar-refractivity contribution is 0.102. The van der Waals surface area contributed by atoms with E-state index in [-0.39, 0.29) is 11.5 Å². The Labute approximate surface area is 136 Å². The van der Waals surface area contributed by atoms with Crippen molar-refractivity contribution in [1.82, 2.24) is 0 Å². The maximum atomic E-state index is 12.8. The molecule has 0 atom stereocenters. The third-order valence-corrected chi connectivity index (χ3v) is 4.34. The number of benzene rings is 2. The fourth-order valence-corrected chi connectivity index (χ4v) is 3.21. The standard InChI is InChI=1S/C20H20O3/c1-12-8-13(2)16-6-5-15(20(22)17(16)9-12)10-14-4-7-19(23-3)18(21)11-14/h4,7-11,21H,5-6H2,1-3H3/b15-10+. The minimum atomic E-state index is 0.0807. The third-order valence-electron chi connectivity index (χ3n) is 4.34. The number of hydrogen-bond donors (Lipinski definition) is 1. The van der Waals surface area contributed by atoms with E-state index in [1.807, 2.05) is 25.1 Å². The van der Waals surface area contributed by atoms with Crippen molar-refractivity contribution < 1.29 is 14.6 Å². The second-order valence-electron chi connectivity index (χ2n) is 6.04. The summed E-state index contributed by atoms with van der Waals surface area (Å²) >= 11 is 0. The Morgan fingerprint density at radius 1 is 1.13 bits per heavy atom. The molecule has 0 saturated carbocycles. The van der Waals surface area contributed by atoms with E-state index in [0.29, 0.717) is 5.75 Å². The van der Waals surface area contributed by atoms with Gasteiger partial charge >= 0.3 is 0 Å². The summed E-state index contributed by atoms with van der Waals surface area (Å²) in [4.78, 5) is 12.8. The molecule has 2 aromatic rings. The van der Waals surface area contributed by atoms with Crippen LogP contribution in [0.2, 0.25) is 0 Å². The van der Waals surface area contributed by atoms with E-state index in [9.17, 15) is 9.90 Å². The van der Waals surface area contributed by atoms with Gasteiger partial charge in [-0.2, -0.15) is 0 Å². The van der Waals surface area contributed by atoms with E-state index in [2.05, 4.69) is 13.0 Å². The molecule has 0 radical (unpaired) electrons. The first-order chi connectivity index (χ1) is 11.0. The molecule has 23 heavy (non-hydrogen) atoms. The Balaban J connectivity index is 1.99. The van der Waals surface area contributed by atoms with Crippen molar-refractivity contribution in [2.75, 3.05) is 7.11 Å². The van der Waals surface area contributed by atoms with Crippen molar-refractivity contribution >= 4 is 11.9 Å². The summed E-state index contributed by atoms with van der Waals surface area (Å²) < 4.78 is 5.05. The molecule has 0 spiro atoms. The molecule has 1 N–H and O–H groups in total. The Morgan fingerprint density at radius 3 is 2.61 bits per heavy atom. The van der Waals surface area contributed by atoms with Gasteiger partial charge in [0.15, 0.2) is 17.3 Å². The summed E-state index contributed by atoms with van der Waals surface area (Å²) in [6, 6.07) is 9.27. The Morgan fingerprint density at radius 2 is 1.91 bits per heavy atom. The lowest BCUT2D eigenvalue weighted by atomic mass is 9.83. The van der Waals surface area contributed by atoms with Gasteiger partial charge in [-0.05, 0) is 67.7 Å². The third kappa shape index (κ3) is 2.87. The number of fused-ring (bicyclic) bond motifs is 1. The maximum absolute atomic E-state index is 12.8. The van der Waals surface area contributed by atoms with Gasteiger partial charge in [-0.15, -0.1) is 0 Å². The number of Topliss-reactive ketones (excluding diaryl/α,β-unsaturated/α-hetero) is 1. The first-order valence-electron chi connectivity index (χ1n) is 7.72. The molecule has 3 nitrogen and oxygen atoms in total. The molecule has 3 rings (SSSR count). The van der Waals surface area contributed by atoms with Gasteiger partial charge in [-0.1, -0.05) is 17.7 Å². The lowest BCUT2D eigenvalue weighted by Crippen LogP contribution is -2.15. The molecule has 3 heteroatoms. The predicted octanol–water partition coefficient (Wildman–Crippen LogP) is 4.23. The second kappa shape index (κ2) is 5.92. The molecule has 0 saturated heterocycles. The first-order valence-corrected chi connectivity index (χ1v) is 7.72. The smallest absolute Gasteiger partial charge is 0.189 e. The van der Waals surface area contributed by atoms with Crippen LogP contribution in [0.15, 0.2) is 35.9 Å². The van der Waals surface area contributed by atoms with E-state index < -0.39 is 0 Å². The average molecular weight is 308 g/mol. The largest absolute Gasteiger partial charge is 0.504 e. The zero-order chi connectivity index (χ0) is 16.6. The van der Waals surface area contributed by atoms with Crippen LogP contribution < -0.4 is 4.74 Å². The highest BCUT2D eigenvalue weighted by molar-refractivity contribution is 6.13. The van der Waals surface area contributed by atoms with Crippen molar-refractivity contribution in [3.8, 4) is 11.5 Å². The monoisotopic (exact) mass is 308 g/mol. The molecule has 1 aliphatic rings. The molecule has 0 bridgehead atoms. The predicted molar refractivity (Wildman–Crippen MR) is 91.2 cm³/mol. The van der Waals surface area contributed by atoms with E-state index in [1.54, 1.807) is 12.1 Å². The summed E-state index contributed by atoms with van der Waals surface area (Å²) in [6.45, 7) is 4.08. The summed E-state index contributed by atoms with van der Waals surface area (Å²) in [5, 5.41) is 9.88. The number of phenols is 1. The maximum Gasteiger partial charge on any atom is 0.189 e. The van der Waals surface area contributed by atoms with Gasteiger partial charge in [0.05, 0.1) is 7.11 Å². The number of ketones is 1. The van der Waals surface area contributed by atoms with Gasteiger partial charge in [0.1, 0.15) is 0 Å². The number of ether oxygens (including phenoxy) is 1. The normalized spacial score (nSPS) is 15.6.